The Morgan fingerprint density at radius 3 is 2.57 bits per heavy atom. The summed E-state index contributed by atoms with van der Waals surface area (Å²) in [5.74, 6) is 0.484. The molecule has 0 saturated carbocycles. The molecular weight excluding hydrogens is 394 g/mol. The van der Waals surface area contributed by atoms with Crippen LogP contribution < -0.4 is 4.74 Å². The summed E-state index contributed by atoms with van der Waals surface area (Å²) in [5.41, 5.74) is 0.923. The second-order valence-electron chi connectivity index (χ2n) is 6.43. The molecule has 5 nitrogen and oxygen atoms in total. The standard InChI is InChI=1S/C21H27NO4S2/c1-3-5-14-25-17-10-8-16(9-11-17)15-18-20(24)22(21(27)28-18)12-6-7-19(23)26-13-4-2/h8-11,15H,3-7,12-14H2,1-2H3/b18-15-. The number of hydrogen-bond donors (Lipinski definition) is 0. The Kier molecular flexibility index (Phi) is 9.50. The minimum Gasteiger partial charge on any atom is -0.494 e. The summed E-state index contributed by atoms with van der Waals surface area (Å²) in [7, 11) is 0. The largest absolute Gasteiger partial charge is 0.494 e. The molecule has 1 amide bonds. The van der Waals surface area contributed by atoms with Crippen molar-refractivity contribution < 1.29 is 19.1 Å². The van der Waals surface area contributed by atoms with Gasteiger partial charge in [-0.15, -0.1) is 0 Å². The second kappa shape index (κ2) is 11.9. The van der Waals surface area contributed by atoms with Crippen LogP contribution in [0.4, 0.5) is 0 Å². The maximum absolute atomic E-state index is 12.6. The van der Waals surface area contributed by atoms with E-state index in [1.165, 1.54) is 11.8 Å². The number of unbranched alkanes of at least 4 members (excludes halogenated alkanes) is 1. The van der Waals surface area contributed by atoms with Crippen LogP contribution in [0.25, 0.3) is 6.08 Å². The van der Waals surface area contributed by atoms with Crippen molar-refractivity contribution in [3.63, 3.8) is 0 Å². The molecule has 1 aliphatic heterocycles. The van der Waals surface area contributed by atoms with Crippen molar-refractivity contribution >= 4 is 46.3 Å². The van der Waals surface area contributed by atoms with Gasteiger partial charge in [-0.1, -0.05) is 56.4 Å². The van der Waals surface area contributed by atoms with Crippen molar-refractivity contribution in [2.45, 2.75) is 46.0 Å². The predicted octanol–water partition coefficient (Wildman–Crippen LogP) is 4.80. The van der Waals surface area contributed by atoms with Gasteiger partial charge in [-0.3, -0.25) is 14.5 Å². The van der Waals surface area contributed by atoms with Crippen molar-refractivity contribution in [3.8, 4) is 5.75 Å². The first kappa shape index (κ1) is 22.4. The molecule has 1 aromatic carbocycles. The zero-order chi connectivity index (χ0) is 20.4. The minimum absolute atomic E-state index is 0.111. The van der Waals surface area contributed by atoms with E-state index in [1.807, 2.05) is 37.3 Å². The summed E-state index contributed by atoms with van der Waals surface area (Å²) in [6, 6.07) is 7.67. The Hall–Kier alpha value is -1.86. The van der Waals surface area contributed by atoms with Gasteiger partial charge in [0.25, 0.3) is 5.91 Å². The van der Waals surface area contributed by atoms with E-state index >= 15 is 0 Å². The monoisotopic (exact) mass is 421 g/mol. The molecule has 7 heteroatoms. The molecule has 152 valence electrons. The van der Waals surface area contributed by atoms with Crippen LogP contribution in [0.1, 0.15) is 51.5 Å². The van der Waals surface area contributed by atoms with Crippen LogP contribution in [-0.4, -0.2) is 40.9 Å². The third-order valence-corrected chi connectivity index (χ3v) is 5.43. The molecule has 28 heavy (non-hydrogen) atoms. The van der Waals surface area contributed by atoms with Crippen molar-refractivity contribution in [2.75, 3.05) is 19.8 Å². The Balaban J connectivity index is 1.88. The van der Waals surface area contributed by atoms with E-state index < -0.39 is 0 Å². The quantitative estimate of drug-likeness (QED) is 0.221. The van der Waals surface area contributed by atoms with Crippen LogP contribution in [0.15, 0.2) is 29.2 Å². The molecule has 2 rings (SSSR count). The Morgan fingerprint density at radius 2 is 1.89 bits per heavy atom. The van der Waals surface area contributed by atoms with Crippen LogP contribution >= 0.6 is 24.0 Å². The Labute approximate surface area is 176 Å². The maximum Gasteiger partial charge on any atom is 0.305 e. The molecule has 1 saturated heterocycles. The first-order valence-electron chi connectivity index (χ1n) is 9.69. The highest BCUT2D eigenvalue weighted by atomic mass is 32.2. The van der Waals surface area contributed by atoms with Gasteiger partial charge in [0.1, 0.15) is 10.1 Å². The highest BCUT2D eigenvalue weighted by Gasteiger charge is 2.31. The molecule has 1 heterocycles. The summed E-state index contributed by atoms with van der Waals surface area (Å²) < 4.78 is 11.2. The molecule has 0 N–H and O–H groups in total. The average Bonchev–Trinajstić information content (AvgIpc) is 2.95. The summed E-state index contributed by atoms with van der Waals surface area (Å²) in [5, 5.41) is 0. The number of thiocarbonyl (C=S) groups is 1. The number of carbonyl (C=O) groups is 2. The van der Waals surface area contributed by atoms with E-state index in [-0.39, 0.29) is 18.3 Å². The molecule has 0 bridgehead atoms. The maximum atomic E-state index is 12.6. The average molecular weight is 422 g/mol. The number of amides is 1. The van der Waals surface area contributed by atoms with E-state index in [2.05, 4.69) is 6.92 Å². The van der Waals surface area contributed by atoms with E-state index in [0.717, 1.165) is 30.6 Å². The van der Waals surface area contributed by atoms with Gasteiger partial charge in [0.15, 0.2) is 0 Å². The predicted molar refractivity (Wildman–Crippen MR) is 117 cm³/mol. The number of ether oxygens (including phenoxy) is 2. The van der Waals surface area contributed by atoms with Crippen LogP contribution in [0.3, 0.4) is 0 Å². The number of nitrogens with zero attached hydrogens (tertiary/aromatic N) is 1. The zero-order valence-corrected chi connectivity index (χ0v) is 18.1. The molecule has 1 aliphatic rings. The summed E-state index contributed by atoms with van der Waals surface area (Å²) >= 11 is 6.62. The topological polar surface area (TPSA) is 55.8 Å². The van der Waals surface area contributed by atoms with Gasteiger partial charge in [-0.25, -0.2) is 0 Å². The van der Waals surface area contributed by atoms with Gasteiger partial charge in [0.2, 0.25) is 0 Å². The van der Waals surface area contributed by atoms with Crippen molar-refractivity contribution in [2.24, 2.45) is 0 Å². The van der Waals surface area contributed by atoms with Crippen molar-refractivity contribution in [1.82, 2.24) is 4.90 Å². The molecule has 0 radical (unpaired) electrons. The van der Waals surface area contributed by atoms with E-state index in [4.69, 9.17) is 21.7 Å². The molecule has 0 aliphatic carbocycles. The zero-order valence-electron chi connectivity index (χ0n) is 16.4. The third kappa shape index (κ3) is 6.95. The number of benzene rings is 1. The number of carbonyl (C=O) groups excluding carboxylic acids is 2. The van der Waals surface area contributed by atoms with Gasteiger partial charge in [0.05, 0.1) is 18.1 Å². The fourth-order valence-electron chi connectivity index (χ4n) is 2.51. The summed E-state index contributed by atoms with van der Waals surface area (Å²) in [4.78, 5) is 26.3. The number of esters is 1. The fraction of sp³-hybridized carbons (Fsp3) is 0.476. The SMILES string of the molecule is CCCCOc1ccc(/C=C2\SC(=S)N(CCCC(=O)OCCC)C2=O)cc1. The fourth-order valence-corrected chi connectivity index (χ4v) is 3.82. The van der Waals surface area contributed by atoms with Crippen molar-refractivity contribution in [1.29, 1.82) is 0 Å². The smallest absolute Gasteiger partial charge is 0.305 e. The lowest BCUT2D eigenvalue weighted by Crippen LogP contribution is -2.29. The first-order valence-corrected chi connectivity index (χ1v) is 10.9. The van der Waals surface area contributed by atoms with E-state index in [0.29, 0.717) is 35.4 Å². The normalized spacial score (nSPS) is 15.4. The third-order valence-electron chi connectivity index (χ3n) is 4.05. The highest BCUT2D eigenvalue weighted by Crippen LogP contribution is 2.33. The van der Waals surface area contributed by atoms with Crippen LogP contribution in [0, 0.1) is 0 Å². The molecule has 0 aromatic heterocycles. The lowest BCUT2D eigenvalue weighted by atomic mass is 10.2. The lowest BCUT2D eigenvalue weighted by Gasteiger charge is -2.13. The van der Waals surface area contributed by atoms with Crippen LogP contribution in [0.5, 0.6) is 5.75 Å². The van der Waals surface area contributed by atoms with Gasteiger partial charge in [-0.05, 0) is 43.0 Å². The van der Waals surface area contributed by atoms with Gasteiger partial charge in [-0.2, -0.15) is 0 Å². The number of rotatable bonds is 11. The van der Waals surface area contributed by atoms with Crippen molar-refractivity contribution in [3.05, 3.63) is 34.7 Å². The van der Waals surface area contributed by atoms with E-state index in [1.54, 1.807) is 4.90 Å². The first-order chi connectivity index (χ1) is 13.5. The second-order valence-corrected chi connectivity index (χ2v) is 8.10. The molecular formula is C21H27NO4S2. The van der Waals surface area contributed by atoms with Gasteiger partial charge >= 0.3 is 5.97 Å². The molecule has 0 atom stereocenters. The molecule has 0 spiro atoms. The number of hydrogen-bond acceptors (Lipinski definition) is 6. The number of thioether (sulfide) groups is 1. The Bertz CT molecular complexity index is 716. The Morgan fingerprint density at radius 1 is 1.14 bits per heavy atom. The summed E-state index contributed by atoms with van der Waals surface area (Å²) in [6.45, 7) is 5.65. The van der Waals surface area contributed by atoms with Crippen LogP contribution in [0.2, 0.25) is 0 Å². The van der Waals surface area contributed by atoms with E-state index in [9.17, 15) is 9.59 Å². The lowest BCUT2D eigenvalue weighted by molar-refractivity contribution is -0.144. The molecule has 1 fully saturated rings. The molecule has 0 unspecified atom stereocenters. The van der Waals surface area contributed by atoms with Crippen LogP contribution in [-0.2, 0) is 14.3 Å². The highest BCUT2D eigenvalue weighted by molar-refractivity contribution is 8.26. The van der Waals surface area contributed by atoms with Gasteiger partial charge in [0, 0.05) is 13.0 Å². The summed E-state index contributed by atoms with van der Waals surface area (Å²) in [6.07, 6.45) is 5.59. The van der Waals surface area contributed by atoms with Gasteiger partial charge < -0.3 is 9.47 Å². The molecule has 1 aromatic rings. The minimum atomic E-state index is -0.232.